The van der Waals surface area contributed by atoms with E-state index in [-0.39, 0.29) is 12.0 Å². The van der Waals surface area contributed by atoms with Crippen molar-refractivity contribution < 1.29 is 9.53 Å². The van der Waals surface area contributed by atoms with Crippen LogP contribution in [-0.4, -0.2) is 19.1 Å². The van der Waals surface area contributed by atoms with Gasteiger partial charge in [-0.25, -0.2) is 4.79 Å². The molecular formula is C15H21NO2. The van der Waals surface area contributed by atoms with Gasteiger partial charge in [-0.05, 0) is 30.7 Å². The minimum Gasteiger partial charge on any atom is -0.468 e. The fraction of sp³-hybridized carbons (Fsp3) is 0.533. The molecular weight excluding hydrogens is 226 g/mol. The van der Waals surface area contributed by atoms with E-state index in [1.54, 1.807) is 0 Å². The summed E-state index contributed by atoms with van der Waals surface area (Å²) in [6.07, 6.45) is 3.52. The number of esters is 1. The van der Waals surface area contributed by atoms with Crippen LogP contribution in [0, 0.1) is 5.92 Å². The quantitative estimate of drug-likeness (QED) is 0.831. The molecule has 1 aliphatic rings. The van der Waals surface area contributed by atoms with E-state index in [0.29, 0.717) is 6.04 Å². The standard InChI is InChI=1S/C15H21NO2/c1-11-8-9-13(10-11)16-14(15(17)18-2)12-6-4-3-5-7-12/h3-7,11,13-14,16H,8-10H2,1-2H3. The van der Waals surface area contributed by atoms with E-state index in [1.807, 2.05) is 30.3 Å². The molecule has 1 fully saturated rings. The highest BCUT2D eigenvalue weighted by atomic mass is 16.5. The SMILES string of the molecule is COC(=O)C(NC1CCC(C)C1)c1ccccc1. The first-order valence-electron chi connectivity index (χ1n) is 6.59. The number of benzene rings is 1. The third-order valence-corrected chi connectivity index (χ3v) is 3.67. The van der Waals surface area contributed by atoms with Crippen molar-refractivity contribution in [2.24, 2.45) is 5.92 Å². The van der Waals surface area contributed by atoms with Crippen LogP contribution in [0.15, 0.2) is 30.3 Å². The maximum Gasteiger partial charge on any atom is 0.327 e. The topological polar surface area (TPSA) is 38.3 Å². The fourth-order valence-corrected chi connectivity index (χ4v) is 2.66. The summed E-state index contributed by atoms with van der Waals surface area (Å²) < 4.78 is 4.90. The first kappa shape index (κ1) is 13.1. The lowest BCUT2D eigenvalue weighted by molar-refractivity contribution is -0.143. The Bertz CT molecular complexity index is 391. The highest BCUT2D eigenvalue weighted by molar-refractivity contribution is 5.77. The molecule has 0 bridgehead atoms. The molecule has 0 spiro atoms. The lowest BCUT2D eigenvalue weighted by Crippen LogP contribution is -2.36. The molecule has 1 saturated carbocycles. The molecule has 1 aromatic carbocycles. The Morgan fingerprint density at radius 1 is 1.33 bits per heavy atom. The number of ether oxygens (including phenoxy) is 1. The minimum absolute atomic E-state index is 0.208. The maximum atomic E-state index is 11.9. The molecule has 2 rings (SSSR count). The average Bonchev–Trinajstić information content (AvgIpc) is 2.82. The molecule has 18 heavy (non-hydrogen) atoms. The maximum absolute atomic E-state index is 11.9. The van der Waals surface area contributed by atoms with Crippen LogP contribution in [0.25, 0.3) is 0 Å². The average molecular weight is 247 g/mol. The van der Waals surface area contributed by atoms with Gasteiger partial charge < -0.3 is 4.74 Å². The Labute approximate surface area is 109 Å². The third kappa shape index (κ3) is 3.10. The molecule has 3 unspecified atom stereocenters. The lowest BCUT2D eigenvalue weighted by atomic mass is 10.1. The molecule has 1 N–H and O–H groups in total. The van der Waals surface area contributed by atoms with Crippen LogP contribution in [0.3, 0.4) is 0 Å². The van der Waals surface area contributed by atoms with Crippen molar-refractivity contribution in [3.05, 3.63) is 35.9 Å². The molecule has 1 aromatic rings. The predicted molar refractivity (Wildman–Crippen MR) is 71.1 cm³/mol. The van der Waals surface area contributed by atoms with E-state index >= 15 is 0 Å². The molecule has 3 atom stereocenters. The monoisotopic (exact) mass is 247 g/mol. The summed E-state index contributed by atoms with van der Waals surface area (Å²) in [5, 5.41) is 3.44. The number of hydrogen-bond donors (Lipinski definition) is 1. The highest BCUT2D eigenvalue weighted by Gasteiger charge is 2.28. The van der Waals surface area contributed by atoms with E-state index in [1.165, 1.54) is 13.5 Å². The summed E-state index contributed by atoms with van der Waals surface area (Å²) in [6.45, 7) is 2.26. The van der Waals surface area contributed by atoms with Gasteiger partial charge >= 0.3 is 5.97 Å². The van der Waals surface area contributed by atoms with Crippen LogP contribution < -0.4 is 5.32 Å². The summed E-state index contributed by atoms with van der Waals surface area (Å²) in [6, 6.07) is 9.86. The Hall–Kier alpha value is -1.35. The minimum atomic E-state index is -0.341. The summed E-state index contributed by atoms with van der Waals surface area (Å²) >= 11 is 0. The van der Waals surface area contributed by atoms with E-state index in [2.05, 4.69) is 12.2 Å². The van der Waals surface area contributed by atoms with Crippen molar-refractivity contribution in [3.8, 4) is 0 Å². The Morgan fingerprint density at radius 2 is 2.06 bits per heavy atom. The van der Waals surface area contributed by atoms with Crippen LogP contribution in [0.2, 0.25) is 0 Å². The van der Waals surface area contributed by atoms with Crippen LogP contribution in [0.4, 0.5) is 0 Å². The van der Waals surface area contributed by atoms with Crippen LogP contribution in [0.1, 0.15) is 37.8 Å². The van der Waals surface area contributed by atoms with Gasteiger partial charge in [0.05, 0.1) is 7.11 Å². The van der Waals surface area contributed by atoms with E-state index in [4.69, 9.17) is 4.74 Å². The third-order valence-electron chi connectivity index (χ3n) is 3.67. The lowest BCUT2D eigenvalue weighted by Gasteiger charge is -2.21. The van der Waals surface area contributed by atoms with E-state index < -0.39 is 0 Å². The second-order valence-electron chi connectivity index (χ2n) is 5.15. The Balaban J connectivity index is 2.09. The van der Waals surface area contributed by atoms with Crippen LogP contribution in [-0.2, 0) is 9.53 Å². The van der Waals surface area contributed by atoms with Gasteiger partial charge in [0.2, 0.25) is 0 Å². The number of nitrogens with one attached hydrogen (secondary N) is 1. The molecule has 3 heteroatoms. The van der Waals surface area contributed by atoms with Crippen LogP contribution in [0.5, 0.6) is 0 Å². The summed E-state index contributed by atoms with van der Waals surface area (Å²) in [5.41, 5.74) is 0.976. The molecule has 3 nitrogen and oxygen atoms in total. The van der Waals surface area contributed by atoms with Gasteiger partial charge in [-0.1, -0.05) is 37.3 Å². The van der Waals surface area contributed by atoms with Gasteiger partial charge in [0, 0.05) is 6.04 Å². The molecule has 98 valence electrons. The molecule has 1 aliphatic carbocycles. The van der Waals surface area contributed by atoms with Gasteiger partial charge in [-0.2, -0.15) is 0 Å². The van der Waals surface area contributed by atoms with Gasteiger partial charge in [0.15, 0.2) is 0 Å². The molecule has 0 aromatic heterocycles. The van der Waals surface area contributed by atoms with Crippen molar-refractivity contribution in [1.82, 2.24) is 5.32 Å². The number of methoxy groups -OCH3 is 1. The first-order chi connectivity index (χ1) is 8.70. The summed E-state index contributed by atoms with van der Waals surface area (Å²) in [4.78, 5) is 11.9. The second kappa shape index (κ2) is 6.01. The van der Waals surface area contributed by atoms with Crippen LogP contribution >= 0.6 is 0 Å². The molecule has 0 radical (unpaired) electrons. The predicted octanol–water partition coefficient (Wildman–Crippen LogP) is 2.68. The van der Waals surface area contributed by atoms with Gasteiger partial charge in [-0.3, -0.25) is 5.32 Å². The molecule has 0 saturated heterocycles. The first-order valence-corrected chi connectivity index (χ1v) is 6.59. The zero-order valence-electron chi connectivity index (χ0n) is 11.1. The number of hydrogen-bond acceptors (Lipinski definition) is 3. The smallest absolute Gasteiger partial charge is 0.327 e. The van der Waals surface area contributed by atoms with Gasteiger partial charge in [0.1, 0.15) is 6.04 Å². The van der Waals surface area contributed by atoms with E-state index in [9.17, 15) is 4.79 Å². The Morgan fingerprint density at radius 3 is 2.61 bits per heavy atom. The normalized spacial score (nSPS) is 24.8. The highest BCUT2D eigenvalue weighted by Crippen LogP contribution is 2.27. The zero-order chi connectivity index (χ0) is 13.0. The van der Waals surface area contributed by atoms with Gasteiger partial charge in [-0.15, -0.1) is 0 Å². The number of carbonyl (C=O) groups is 1. The Kier molecular flexibility index (Phi) is 4.37. The number of rotatable bonds is 4. The molecule has 0 aliphatic heterocycles. The largest absolute Gasteiger partial charge is 0.468 e. The summed E-state index contributed by atoms with van der Waals surface area (Å²) in [7, 11) is 1.44. The zero-order valence-corrected chi connectivity index (χ0v) is 11.1. The van der Waals surface area contributed by atoms with Crippen molar-refractivity contribution >= 4 is 5.97 Å². The van der Waals surface area contributed by atoms with Gasteiger partial charge in [0.25, 0.3) is 0 Å². The van der Waals surface area contributed by atoms with Crippen molar-refractivity contribution in [1.29, 1.82) is 0 Å². The second-order valence-corrected chi connectivity index (χ2v) is 5.15. The molecule has 0 amide bonds. The number of carbonyl (C=O) groups excluding carboxylic acids is 1. The fourth-order valence-electron chi connectivity index (χ4n) is 2.66. The summed E-state index contributed by atoms with van der Waals surface area (Å²) in [5.74, 6) is 0.539. The van der Waals surface area contributed by atoms with Crippen molar-refractivity contribution in [2.45, 2.75) is 38.3 Å². The van der Waals surface area contributed by atoms with Crippen molar-refractivity contribution in [2.75, 3.05) is 7.11 Å². The van der Waals surface area contributed by atoms with E-state index in [0.717, 1.165) is 24.3 Å². The van der Waals surface area contributed by atoms with Crippen molar-refractivity contribution in [3.63, 3.8) is 0 Å². The molecule has 0 heterocycles.